The maximum atomic E-state index is 13.2. The molecule has 0 saturated heterocycles. The number of aryl methyl sites for hydroxylation is 1. The van der Waals surface area contributed by atoms with Gasteiger partial charge in [-0.05, 0) is 60.9 Å². The Bertz CT molecular complexity index is 1290. The van der Waals surface area contributed by atoms with E-state index in [1.165, 1.54) is 0 Å². The zero-order chi connectivity index (χ0) is 23.2. The smallest absolute Gasteiger partial charge is 0.251 e. The van der Waals surface area contributed by atoms with E-state index in [9.17, 15) is 4.79 Å². The van der Waals surface area contributed by atoms with Crippen LogP contribution in [0.25, 0.3) is 11.0 Å². The number of imidazole rings is 1. The number of benzene rings is 3. The van der Waals surface area contributed by atoms with Crippen LogP contribution in [0.4, 0.5) is 0 Å². The number of hydrogen-bond acceptors (Lipinski definition) is 3. The number of hydrogen-bond donors (Lipinski definition) is 1. The number of halogens is 1. The third kappa shape index (κ3) is 5.24. The van der Waals surface area contributed by atoms with Crippen molar-refractivity contribution in [2.75, 3.05) is 0 Å². The molecule has 166 valence electrons. The van der Waals surface area contributed by atoms with Crippen LogP contribution in [0.5, 0.6) is 0 Å². The number of nitrogens with one attached hydrogen (secondary N) is 1. The van der Waals surface area contributed by atoms with Crippen LogP contribution < -0.4 is 5.32 Å². The molecule has 1 amide bonds. The molecule has 0 radical (unpaired) electrons. The fraction of sp³-hybridized carbons (Fsp3) is 0.222. The predicted octanol–water partition coefficient (Wildman–Crippen LogP) is 6.08. The average Bonchev–Trinajstić information content (AvgIpc) is 3.20. The minimum absolute atomic E-state index is 0.201. The summed E-state index contributed by atoms with van der Waals surface area (Å²) in [5.41, 5.74) is 3.96. The summed E-state index contributed by atoms with van der Waals surface area (Å²) < 4.78 is 2.20. The van der Waals surface area contributed by atoms with E-state index in [0.29, 0.717) is 22.6 Å². The summed E-state index contributed by atoms with van der Waals surface area (Å²) in [6.07, 6.45) is 2.66. The Morgan fingerprint density at radius 1 is 1.12 bits per heavy atom. The van der Waals surface area contributed by atoms with Crippen LogP contribution in [0.15, 0.2) is 72.8 Å². The number of nitrogens with zero attached hydrogens (tertiary/aromatic N) is 3. The van der Waals surface area contributed by atoms with Gasteiger partial charge in [-0.15, -0.1) is 0 Å². The van der Waals surface area contributed by atoms with Crippen LogP contribution in [0.3, 0.4) is 0 Å². The summed E-state index contributed by atoms with van der Waals surface area (Å²) in [5, 5.41) is 12.9. The Morgan fingerprint density at radius 2 is 1.88 bits per heavy atom. The van der Waals surface area contributed by atoms with Gasteiger partial charge in [0.2, 0.25) is 0 Å². The molecule has 4 aromatic rings. The van der Waals surface area contributed by atoms with E-state index < -0.39 is 0 Å². The van der Waals surface area contributed by atoms with Crippen molar-refractivity contribution in [1.82, 2.24) is 14.9 Å². The Labute approximate surface area is 198 Å². The van der Waals surface area contributed by atoms with Crippen molar-refractivity contribution >= 4 is 28.5 Å². The van der Waals surface area contributed by atoms with Crippen molar-refractivity contribution < 1.29 is 4.79 Å². The van der Waals surface area contributed by atoms with Crippen molar-refractivity contribution in [2.45, 2.75) is 38.8 Å². The van der Waals surface area contributed by atoms with Gasteiger partial charge in [0.15, 0.2) is 0 Å². The Balaban J connectivity index is 1.74. The number of aromatic nitrogens is 2. The number of nitriles is 1. The summed E-state index contributed by atoms with van der Waals surface area (Å²) >= 11 is 6.24. The number of carbonyl (C=O) groups excluding carboxylic acids is 1. The molecule has 0 fully saturated rings. The SMILES string of the molecule is CCCCn1c(C(Cc2ccccc2)NC(=O)c2ccc(C#N)cc2)nc2cc(Cl)ccc21. The highest BCUT2D eigenvalue weighted by Crippen LogP contribution is 2.27. The Morgan fingerprint density at radius 3 is 2.58 bits per heavy atom. The second kappa shape index (κ2) is 10.3. The van der Waals surface area contributed by atoms with E-state index in [-0.39, 0.29) is 11.9 Å². The van der Waals surface area contributed by atoms with E-state index >= 15 is 0 Å². The zero-order valence-corrected chi connectivity index (χ0v) is 19.2. The molecular weight excluding hydrogens is 432 g/mol. The molecule has 1 aromatic heterocycles. The normalized spacial score (nSPS) is 11.8. The van der Waals surface area contributed by atoms with Crippen molar-refractivity contribution in [3.63, 3.8) is 0 Å². The van der Waals surface area contributed by atoms with Crippen molar-refractivity contribution in [3.05, 3.63) is 100 Å². The minimum atomic E-state index is -0.335. The molecule has 0 saturated carbocycles. The highest BCUT2D eigenvalue weighted by Gasteiger charge is 2.23. The van der Waals surface area contributed by atoms with Gasteiger partial charge in [0.1, 0.15) is 5.82 Å². The molecule has 0 aliphatic carbocycles. The minimum Gasteiger partial charge on any atom is -0.342 e. The maximum Gasteiger partial charge on any atom is 0.251 e. The average molecular weight is 457 g/mol. The Hall–Kier alpha value is -3.62. The van der Waals surface area contributed by atoms with E-state index in [4.69, 9.17) is 21.8 Å². The quantitative estimate of drug-likeness (QED) is 0.349. The lowest BCUT2D eigenvalue weighted by Gasteiger charge is -2.20. The summed E-state index contributed by atoms with van der Waals surface area (Å²) in [6, 6.07) is 24.2. The van der Waals surface area contributed by atoms with Gasteiger partial charge in [0.25, 0.3) is 5.91 Å². The molecule has 5 nitrogen and oxygen atoms in total. The standard InChI is InChI=1S/C27H25ClN4O/c1-2-3-15-32-25-14-13-22(28)17-23(25)30-26(32)24(16-19-7-5-4-6-8-19)31-27(33)21-11-9-20(18-29)10-12-21/h4-14,17,24H,2-3,15-16H2,1H3,(H,31,33). The lowest BCUT2D eigenvalue weighted by Crippen LogP contribution is -2.32. The zero-order valence-electron chi connectivity index (χ0n) is 18.5. The molecule has 33 heavy (non-hydrogen) atoms. The Kier molecular flexibility index (Phi) is 7.07. The number of fused-ring (bicyclic) bond motifs is 1. The molecule has 0 spiro atoms. The van der Waals surface area contributed by atoms with Crippen molar-refractivity contribution in [2.24, 2.45) is 0 Å². The predicted molar refractivity (Wildman–Crippen MR) is 131 cm³/mol. The summed E-state index contributed by atoms with van der Waals surface area (Å²) in [4.78, 5) is 18.1. The fourth-order valence-electron chi connectivity index (χ4n) is 3.93. The highest BCUT2D eigenvalue weighted by atomic mass is 35.5. The monoisotopic (exact) mass is 456 g/mol. The third-order valence-electron chi connectivity index (χ3n) is 5.65. The highest BCUT2D eigenvalue weighted by molar-refractivity contribution is 6.31. The molecule has 0 aliphatic heterocycles. The first-order chi connectivity index (χ1) is 16.1. The molecular formula is C27H25ClN4O. The molecule has 4 rings (SSSR count). The summed E-state index contributed by atoms with van der Waals surface area (Å²) in [6.45, 7) is 2.96. The van der Waals surface area contributed by atoms with Crippen molar-refractivity contribution in [3.8, 4) is 6.07 Å². The second-order valence-corrected chi connectivity index (χ2v) is 8.45. The van der Waals surface area contributed by atoms with Gasteiger partial charge in [-0.25, -0.2) is 4.98 Å². The third-order valence-corrected chi connectivity index (χ3v) is 5.89. The number of amides is 1. The maximum absolute atomic E-state index is 13.2. The second-order valence-electron chi connectivity index (χ2n) is 8.01. The van der Waals surface area contributed by atoms with Gasteiger partial charge in [0.05, 0.1) is 28.7 Å². The first-order valence-corrected chi connectivity index (χ1v) is 11.5. The van der Waals surface area contributed by atoms with Crippen LogP contribution in [0.1, 0.15) is 53.1 Å². The van der Waals surface area contributed by atoms with Gasteiger partial charge in [-0.2, -0.15) is 5.26 Å². The number of carbonyl (C=O) groups is 1. The molecule has 6 heteroatoms. The molecule has 1 unspecified atom stereocenters. The lowest BCUT2D eigenvalue weighted by molar-refractivity contribution is 0.0934. The van der Waals surface area contributed by atoms with Crippen LogP contribution >= 0.6 is 11.6 Å². The van der Waals surface area contributed by atoms with Crippen LogP contribution in [0, 0.1) is 11.3 Å². The van der Waals surface area contributed by atoms with E-state index in [1.54, 1.807) is 24.3 Å². The molecule has 0 aliphatic rings. The van der Waals surface area contributed by atoms with E-state index in [2.05, 4.69) is 35.0 Å². The van der Waals surface area contributed by atoms with Gasteiger partial charge in [-0.3, -0.25) is 4.79 Å². The van der Waals surface area contributed by atoms with Gasteiger partial charge >= 0.3 is 0 Å². The molecule has 1 heterocycles. The summed E-state index contributed by atoms with van der Waals surface area (Å²) in [5.74, 6) is 0.610. The molecule has 1 atom stereocenters. The van der Waals surface area contributed by atoms with Crippen LogP contribution in [0.2, 0.25) is 5.02 Å². The lowest BCUT2D eigenvalue weighted by atomic mass is 10.0. The van der Waals surface area contributed by atoms with Crippen LogP contribution in [-0.2, 0) is 13.0 Å². The van der Waals surface area contributed by atoms with Crippen LogP contribution in [-0.4, -0.2) is 15.5 Å². The molecule has 0 bridgehead atoms. The van der Waals surface area contributed by atoms with Crippen molar-refractivity contribution in [1.29, 1.82) is 5.26 Å². The van der Waals surface area contributed by atoms with Gasteiger partial charge in [-0.1, -0.05) is 55.3 Å². The number of rotatable bonds is 8. The fourth-order valence-corrected chi connectivity index (χ4v) is 4.10. The largest absolute Gasteiger partial charge is 0.342 e. The first-order valence-electron chi connectivity index (χ1n) is 11.1. The van der Waals surface area contributed by atoms with Gasteiger partial charge in [0, 0.05) is 17.1 Å². The topological polar surface area (TPSA) is 70.7 Å². The van der Waals surface area contributed by atoms with E-state index in [0.717, 1.165) is 41.8 Å². The molecule has 1 N–H and O–H groups in total. The molecule has 3 aromatic carbocycles. The van der Waals surface area contributed by atoms with E-state index in [1.807, 2.05) is 36.4 Å². The first kappa shape index (κ1) is 22.6. The summed E-state index contributed by atoms with van der Waals surface area (Å²) in [7, 11) is 0. The van der Waals surface area contributed by atoms with Gasteiger partial charge < -0.3 is 9.88 Å². The number of unbranched alkanes of at least 4 members (excludes halogenated alkanes) is 1.